The molecule has 148 valence electrons. The van der Waals surface area contributed by atoms with Gasteiger partial charge < -0.3 is 29.6 Å². The average Bonchev–Trinajstić information content (AvgIpc) is 2.93. The van der Waals surface area contributed by atoms with Gasteiger partial charge in [-0.05, 0) is 24.3 Å². The molecule has 1 aliphatic heterocycles. The Hall–Kier alpha value is -3.75. The average molecular weight is 388 g/mol. The molecule has 0 bridgehead atoms. The number of hydrogen-bond donors (Lipinski definition) is 1. The van der Waals surface area contributed by atoms with E-state index >= 15 is 0 Å². The molecule has 0 fully saturated rings. The van der Waals surface area contributed by atoms with Crippen molar-refractivity contribution < 1.29 is 33.3 Å². The zero-order chi connectivity index (χ0) is 20.7. The highest BCUT2D eigenvalue weighted by Gasteiger charge is 2.28. The predicted molar refractivity (Wildman–Crippen MR) is 99.5 cm³/mol. The second kappa shape index (κ2) is 9.26. The summed E-state index contributed by atoms with van der Waals surface area (Å²) in [5.41, 5.74) is 5.55. The van der Waals surface area contributed by atoms with Gasteiger partial charge in [0.2, 0.25) is 0 Å². The lowest BCUT2D eigenvalue weighted by Gasteiger charge is -2.24. The first-order chi connectivity index (χ1) is 13.4. The summed E-state index contributed by atoms with van der Waals surface area (Å²) in [5.74, 6) is -1.47. The van der Waals surface area contributed by atoms with Gasteiger partial charge in [-0.3, -0.25) is 4.79 Å². The summed E-state index contributed by atoms with van der Waals surface area (Å²) in [6.45, 7) is -0.316. The molecule has 0 aliphatic carbocycles. The monoisotopic (exact) mass is 388 g/mol. The number of nitrogens with zero attached hydrogens (tertiary/aromatic N) is 1. The largest absolute Gasteiger partial charge is 0.493 e. The van der Waals surface area contributed by atoms with Crippen LogP contribution in [0.25, 0.3) is 0 Å². The third kappa shape index (κ3) is 4.50. The number of carbonyl (C=O) groups excluding carboxylic acids is 3. The maximum Gasteiger partial charge on any atom is 0.355 e. The SMILES string of the molecule is COC(=O)C1=C(C(=O)OC)N(c2ccc(OCC(N)=O)c(OC)c2)C=CC=C1. The highest BCUT2D eigenvalue weighted by molar-refractivity contribution is 6.05. The predicted octanol–water partition coefficient (Wildman–Crippen LogP) is 1.05. The fourth-order valence-electron chi connectivity index (χ4n) is 2.44. The van der Waals surface area contributed by atoms with Gasteiger partial charge in [0.05, 0.1) is 26.9 Å². The summed E-state index contributed by atoms with van der Waals surface area (Å²) >= 11 is 0. The zero-order valence-electron chi connectivity index (χ0n) is 15.6. The van der Waals surface area contributed by atoms with Crippen molar-refractivity contribution in [2.24, 2.45) is 5.73 Å². The molecular formula is C19H20N2O7. The number of ether oxygens (including phenoxy) is 4. The van der Waals surface area contributed by atoms with Crippen molar-refractivity contribution in [2.45, 2.75) is 0 Å². The molecule has 0 atom stereocenters. The van der Waals surface area contributed by atoms with E-state index in [1.807, 2.05) is 0 Å². The minimum absolute atomic E-state index is 0.0207. The van der Waals surface area contributed by atoms with Crippen molar-refractivity contribution in [1.82, 2.24) is 0 Å². The normalized spacial score (nSPS) is 13.0. The van der Waals surface area contributed by atoms with Crippen molar-refractivity contribution in [3.8, 4) is 11.5 Å². The topological polar surface area (TPSA) is 117 Å². The molecular weight excluding hydrogens is 368 g/mol. The summed E-state index contributed by atoms with van der Waals surface area (Å²) in [6, 6.07) is 4.74. The highest BCUT2D eigenvalue weighted by atomic mass is 16.5. The molecule has 1 heterocycles. The fourth-order valence-corrected chi connectivity index (χ4v) is 2.44. The molecule has 9 nitrogen and oxygen atoms in total. The maximum absolute atomic E-state index is 12.4. The van der Waals surface area contributed by atoms with E-state index in [0.717, 1.165) is 0 Å². The molecule has 28 heavy (non-hydrogen) atoms. The Balaban J connectivity index is 2.55. The molecule has 0 saturated heterocycles. The number of amides is 1. The molecule has 0 unspecified atom stereocenters. The lowest BCUT2D eigenvalue weighted by atomic mass is 10.1. The summed E-state index contributed by atoms with van der Waals surface area (Å²) in [4.78, 5) is 37.0. The van der Waals surface area contributed by atoms with Crippen LogP contribution in [0.1, 0.15) is 0 Å². The Labute approximate surface area is 161 Å². The number of rotatable bonds is 7. The van der Waals surface area contributed by atoms with Crippen molar-refractivity contribution in [2.75, 3.05) is 32.8 Å². The summed E-state index contributed by atoms with van der Waals surface area (Å²) < 4.78 is 20.2. The highest BCUT2D eigenvalue weighted by Crippen LogP contribution is 2.34. The third-order valence-electron chi connectivity index (χ3n) is 3.68. The Morgan fingerprint density at radius 3 is 2.32 bits per heavy atom. The van der Waals surface area contributed by atoms with Crippen LogP contribution in [0.15, 0.2) is 53.9 Å². The van der Waals surface area contributed by atoms with Crippen LogP contribution in [0.3, 0.4) is 0 Å². The van der Waals surface area contributed by atoms with E-state index in [4.69, 9.17) is 24.7 Å². The van der Waals surface area contributed by atoms with Crippen molar-refractivity contribution in [1.29, 1.82) is 0 Å². The van der Waals surface area contributed by atoms with Crippen LogP contribution < -0.4 is 20.1 Å². The summed E-state index contributed by atoms with van der Waals surface area (Å²) in [6.07, 6.45) is 6.27. The molecule has 1 aromatic carbocycles. The number of anilines is 1. The van der Waals surface area contributed by atoms with Crippen LogP contribution in [0.5, 0.6) is 11.5 Å². The molecule has 1 amide bonds. The van der Waals surface area contributed by atoms with Crippen LogP contribution in [-0.2, 0) is 23.9 Å². The second-order valence-electron chi connectivity index (χ2n) is 5.41. The fraction of sp³-hybridized carbons (Fsp3) is 0.211. The summed E-state index contributed by atoms with van der Waals surface area (Å²) in [5, 5.41) is 0. The molecule has 1 aliphatic rings. The van der Waals surface area contributed by atoms with Gasteiger partial charge in [0, 0.05) is 18.0 Å². The van der Waals surface area contributed by atoms with E-state index in [2.05, 4.69) is 0 Å². The van der Waals surface area contributed by atoms with Gasteiger partial charge in [0.1, 0.15) is 5.70 Å². The van der Waals surface area contributed by atoms with Gasteiger partial charge in [-0.15, -0.1) is 0 Å². The van der Waals surface area contributed by atoms with Gasteiger partial charge in [-0.25, -0.2) is 9.59 Å². The quantitative estimate of drug-likeness (QED) is 0.689. The van der Waals surface area contributed by atoms with E-state index < -0.39 is 17.8 Å². The first-order valence-electron chi connectivity index (χ1n) is 8.07. The lowest BCUT2D eigenvalue weighted by molar-refractivity contribution is -0.139. The van der Waals surface area contributed by atoms with Crippen molar-refractivity contribution in [3.63, 3.8) is 0 Å². The Bertz CT molecular complexity index is 871. The smallest absolute Gasteiger partial charge is 0.355 e. The zero-order valence-corrected chi connectivity index (χ0v) is 15.6. The minimum Gasteiger partial charge on any atom is -0.493 e. The van der Waals surface area contributed by atoms with Crippen molar-refractivity contribution >= 4 is 23.5 Å². The van der Waals surface area contributed by atoms with Gasteiger partial charge >= 0.3 is 11.9 Å². The summed E-state index contributed by atoms with van der Waals surface area (Å²) in [7, 11) is 3.85. The van der Waals surface area contributed by atoms with Crippen LogP contribution in [0.2, 0.25) is 0 Å². The maximum atomic E-state index is 12.4. The molecule has 9 heteroatoms. The van der Waals surface area contributed by atoms with Gasteiger partial charge in [0.25, 0.3) is 5.91 Å². The Morgan fingerprint density at radius 2 is 1.71 bits per heavy atom. The minimum atomic E-state index is -0.732. The Kier molecular flexibility index (Phi) is 6.80. The van der Waals surface area contributed by atoms with Gasteiger partial charge in [-0.2, -0.15) is 0 Å². The molecule has 2 rings (SSSR count). The van der Waals surface area contributed by atoms with E-state index in [1.54, 1.807) is 36.6 Å². The van der Waals surface area contributed by atoms with E-state index in [0.29, 0.717) is 17.2 Å². The molecule has 1 aromatic rings. The number of benzene rings is 1. The van der Waals surface area contributed by atoms with Crippen LogP contribution in [0.4, 0.5) is 5.69 Å². The molecule has 0 aromatic heterocycles. The number of esters is 2. The van der Waals surface area contributed by atoms with Crippen LogP contribution >= 0.6 is 0 Å². The van der Waals surface area contributed by atoms with Crippen molar-refractivity contribution in [3.05, 3.63) is 53.9 Å². The lowest BCUT2D eigenvalue weighted by Crippen LogP contribution is -2.27. The van der Waals surface area contributed by atoms with E-state index in [-0.39, 0.29) is 17.9 Å². The number of methoxy groups -OCH3 is 3. The Morgan fingerprint density at radius 1 is 1.00 bits per heavy atom. The number of nitrogens with two attached hydrogens (primary N) is 1. The number of primary amides is 1. The van der Waals surface area contributed by atoms with Gasteiger partial charge in [-0.1, -0.05) is 6.08 Å². The molecule has 0 saturated carbocycles. The number of hydrogen-bond acceptors (Lipinski definition) is 8. The van der Waals surface area contributed by atoms with Crippen LogP contribution in [0, 0.1) is 0 Å². The molecule has 0 spiro atoms. The third-order valence-corrected chi connectivity index (χ3v) is 3.68. The van der Waals surface area contributed by atoms with Crippen LogP contribution in [-0.4, -0.2) is 45.8 Å². The first kappa shape index (κ1) is 20.6. The first-order valence-corrected chi connectivity index (χ1v) is 8.07. The number of allylic oxidation sites excluding steroid dienone is 2. The van der Waals surface area contributed by atoms with E-state index in [9.17, 15) is 14.4 Å². The standard InChI is InChI=1S/C19H20N2O7/c1-25-15-10-12(7-8-14(15)28-11-16(20)22)21-9-5-4-6-13(18(23)26-2)17(21)19(24)27-3/h4-10H,11H2,1-3H3,(H2,20,22). The van der Waals surface area contributed by atoms with Gasteiger partial charge in [0.15, 0.2) is 18.1 Å². The molecule has 2 N–H and O–H groups in total. The number of carbonyl (C=O) groups is 3. The van der Waals surface area contributed by atoms with E-state index in [1.165, 1.54) is 32.3 Å². The molecule has 0 radical (unpaired) electrons. The second-order valence-corrected chi connectivity index (χ2v) is 5.41.